The van der Waals surface area contributed by atoms with Crippen molar-refractivity contribution in [1.29, 1.82) is 0 Å². The van der Waals surface area contributed by atoms with E-state index in [-0.39, 0.29) is 4.90 Å². The number of aryl methyl sites for hydroxylation is 1. The summed E-state index contributed by atoms with van der Waals surface area (Å²) in [5, 5.41) is 0.515. The van der Waals surface area contributed by atoms with Gasteiger partial charge in [0, 0.05) is 35.5 Å². The maximum Gasteiger partial charge on any atom is 0.175 e. The largest absolute Gasteiger partial charge is 0.261 e. The number of hydrogen-bond acceptors (Lipinski definition) is 4. The molecule has 0 unspecified atom stereocenters. The van der Waals surface area contributed by atoms with Crippen molar-refractivity contribution in [2.45, 2.75) is 11.8 Å². The van der Waals surface area contributed by atoms with Crippen LogP contribution in [0.1, 0.15) is 5.69 Å². The average Bonchev–Trinajstić information content (AvgIpc) is 2.61. The quantitative estimate of drug-likeness (QED) is 0.536. The van der Waals surface area contributed by atoms with E-state index in [1.165, 1.54) is 6.26 Å². The molecular formula is C21H23ClN2O2S2. The minimum Gasteiger partial charge on any atom is -0.261 e. The third kappa shape index (κ3) is 6.26. The van der Waals surface area contributed by atoms with Crippen molar-refractivity contribution in [2.24, 2.45) is 0 Å². The van der Waals surface area contributed by atoms with Crippen molar-refractivity contribution in [3.63, 3.8) is 0 Å². The molecule has 3 rings (SSSR count). The minimum absolute atomic E-state index is 0.278. The summed E-state index contributed by atoms with van der Waals surface area (Å²) < 4.78 is 23.2. The second-order valence-corrected chi connectivity index (χ2v) is 10.9. The summed E-state index contributed by atoms with van der Waals surface area (Å²) in [5.41, 5.74) is 4.21. The van der Waals surface area contributed by atoms with E-state index in [1.807, 2.05) is 25.1 Å². The van der Waals surface area contributed by atoms with Crippen molar-refractivity contribution in [2.75, 3.05) is 18.8 Å². The first-order valence-corrected chi connectivity index (χ1v) is 12.8. The highest BCUT2D eigenvalue weighted by Gasteiger charge is 2.12. The predicted molar refractivity (Wildman–Crippen MR) is 122 cm³/mol. The fraction of sp³-hybridized carbons (Fsp3) is 0.190. The lowest BCUT2D eigenvalue weighted by Gasteiger charge is -2.10. The van der Waals surface area contributed by atoms with Gasteiger partial charge in [0.2, 0.25) is 0 Å². The van der Waals surface area contributed by atoms with Gasteiger partial charge in [-0.25, -0.2) is 8.42 Å². The van der Waals surface area contributed by atoms with Crippen LogP contribution in [-0.2, 0) is 9.84 Å². The van der Waals surface area contributed by atoms with Gasteiger partial charge in [0.25, 0.3) is 0 Å². The van der Waals surface area contributed by atoms with E-state index < -0.39 is 9.84 Å². The lowest BCUT2D eigenvalue weighted by Crippen LogP contribution is -1.97. The summed E-state index contributed by atoms with van der Waals surface area (Å²) >= 11 is 6.11. The molecule has 28 heavy (non-hydrogen) atoms. The molecule has 4 nitrogen and oxygen atoms in total. The zero-order chi connectivity index (χ0) is 20.9. The summed E-state index contributed by atoms with van der Waals surface area (Å²) in [5.74, 6) is 3.67. The predicted octanol–water partition coefficient (Wildman–Crippen LogP) is 5.12. The topological polar surface area (TPSA) is 59.9 Å². The van der Waals surface area contributed by atoms with Gasteiger partial charge >= 0.3 is 0 Å². The van der Waals surface area contributed by atoms with Gasteiger partial charge in [-0.3, -0.25) is 9.97 Å². The molecule has 0 spiro atoms. The normalized spacial score (nSPS) is 11.1. The lowest BCUT2D eigenvalue weighted by molar-refractivity contribution is 0.602. The van der Waals surface area contributed by atoms with Gasteiger partial charge in [-0.05, 0) is 55.3 Å². The summed E-state index contributed by atoms with van der Waals surface area (Å²) in [6.07, 6.45) is 8.71. The SMILES string of the molecule is C=S(C)C.Cc1ccc(-c2ncc(Cl)cc2-c2ccc(S(C)(=O)=O)cc2)cn1. The molecule has 0 atom stereocenters. The highest BCUT2D eigenvalue weighted by Crippen LogP contribution is 2.32. The standard InChI is InChI=1S/C18H15ClN2O2S.C3H8S/c1-12-3-4-14(10-20-12)18-17(9-15(19)11-21-18)13-5-7-16(8-6-13)24(2,22)23;1-4(2)3/h3-11H,1-2H3;1H2,2-3H3. The Balaban J connectivity index is 0.000000640. The van der Waals surface area contributed by atoms with Crippen LogP contribution in [0.4, 0.5) is 0 Å². The number of benzene rings is 1. The van der Waals surface area contributed by atoms with Crippen LogP contribution >= 0.6 is 22.1 Å². The molecule has 0 fully saturated rings. The lowest BCUT2D eigenvalue weighted by atomic mass is 10.0. The van der Waals surface area contributed by atoms with Gasteiger partial charge in [-0.1, -0.05) is 29.6 Å². The Morgan fingerprint density at radius 1 is 0.964 bits per heavy atom. The molecule has 1 aromatic carbocycles. The maximum absolute atomic E-state index is 11.6. The number of rotatable bonds is 3. The van der Waals surface area contributed by atoms with Crippen LogP contribution in [0.3, 0.4) is 0 Å². The van der Waals surface area contributed by atoms with E-state index >= 15 is 0 Å². The first kappa shape index (κ1) is 22.3. The fourth-order valence-corrected chi connectivity index (χ4v) is 3.17. The Bertz CT molecular complexity index is 1070. The Labute approximate surface area is 174 Å². The molecule has 0 radical (unpaired) electrons. The second kappa shape index (κ2) is 9.45. The van der Waals surface area contributed by atoms with Gasteiger partial charge in [-0.15, -0.1) is 0 Å². The Morgan fingerprint density at radius 2 is 1.54 bits per heavy atom. The zero-order valence-corrected chi connectivity index (χ0v) is 18.7. The smallest absolute Gasteiger partial charge is 0.175 e. The van der Waals surface area contributed by atoms with Crippen LogP contribution in [0.5, 0.6) is 0 Å². The molecule has 0 bridgehead atoms. The number of aromatic nitrogens is 2. The number of nitrogens with zero attached hydrogens (tertiary/aromatic N) is 2. The highest BCUT2D eigenvalue weighted by molar-refractivity contribution is 8.12. The van der Waals surface area contributed by atoms with E-state index in [0.29, 0.717) is 15.5 Å². The molecule has 0 aliphatic rings. The summed E-state index contributed by atoms with van der Waals surface area (Å²) in [6, 6.07) is 12.4. The molecule has 0 N–H and O–H groups in total. The number of halogens is 1. The number of pyridine rings is 2. The molecule has 7 heteroatoms. The first-order chi connectivity index (χ1) is 13.1. The summed E-state index contributed by atoms with van der Waals surface area (Å²) in [6.45, 7) is 1.92. The number of hydrogen-bond donors (Lipinski definition) is 0. The minimum atomic E-state index is -3.23. The maximum atomic E-state index is 11.6. The Kier molecular flexibility index (Phi) is 7.52. The zero-order valence-electron chi connectivity index (χ0n) is 16.3. The van der Waals surface area contributed by atoms with E-state index in [1.54, 1.807) is 36.7 Å². The van der Waals surface area contributed by atoms with Crippen molar-refractivity contribution in [3.8, 4) is 22.4 Å². The van der Waals surface area contributed by atoms with Gasteiger partial charge in [0.15, 0.2) is 9.84 Å². The van der Waals surface area contributed by atoms with Crippen molar-refractivity contribution >= 4 is 37.8 Å². The molecular weight excluding hydrogens is 412 g/mol. The monoisotopic (exact) mass is 434 g/mol. The van der Waals surface area contributed by atoms with Gasteiger partial charge in [-0.2, -0.15) is 10.5 Å². The molecule has 2 aromatic heterocycles. The molecule has 2 heterocycles. The average molecular weight is 435 g/mol. The van der Waals surface area contributed by atoms with Gasteiger partial charge < -0.3 is 0 Å². The van der Waals surface area contributed by atoms with Crippen LogP contribution in [0.15, 0.2) is 59.8 Å². The Morgan fingerprint density at radius 3 is 2.04 bits per heavy atom. The number of sulfone groups is 1. The molecule has 0 saturated heterocycles. The van der Waals surface area contributed by atoms with Crippen LogP contribution in [0.2, 0.25) is 5.02 Å². The summed E-state index contributed by atoms with van der Waals surface area (Å²) in [7, 11) is -2.84. The van der Waals surface area contributed by atoms with Gasteiger partial charge in [0.1, 0.15) is 0 Å². The van der Waals surface area contributed by atoms with E-state index in [9.17, 15) is 8.42 Å². The molecule has 0 saturated carbocycles. The highest BCUT2D eigenvalue weighted by atomic mass is 35.5. The second-order valence-electron chi connectivity index (χ2n) is 6.52. The molecule has 0 amide bonds. The van der Waals surface area contributed by atoms with Gasteiger partial charge in [0.05, 0.1) is 15.6 Å². The van der Waals surface area contributed by atoms with Crippen LogP contribution in [-0.4, -0.2) is 43.0 Å². The molecule has 3 aromatic rings. The third-order valence-electron chi connectivity index (χ3n) is 3.63. The molecule has 0 aliphatic heterocycles. The van der Waals surface area contributed by atoms with Crippen molar-refractivity contribution < 1.29 is 8.42 Å². The first-order valence-electron chi connectivity index (χ1n) is 8.34. The fourth-order valence-electron chi connectivity index (χ4n) is 2.38. The molecule has 0 aliphatic carbocycles. The Hall–Kier alpha value is -2.02. The van der Waals surface area contributed by atoms with E-state index in [4.69, 9.17) is 11.6 Å². The van der Waals surface area contributed by atoms with Crippen LogP contribution < -0.4 is 0 Å². The van der Waals surface area contributed by atoms with Crippen LogP contribution in [0.25, 0.3) is 22.4 Å². The van der Waals surface area contributed by atoms with Crippen molar-refractivity contribution in [1.82, 2.24) is 9.97 Å². The summed E-state index contributed by atoms with van der Waals surface area (Å²) in [4.78, 5) is 9.02. The van der Waals surface area contributed by atoms with Crippen molar-refractivity contribution in [3.05, 3.63) is 65.6 Å². The van der Waals surface area contributed by atoms with E-state index in [2.05, 4.69) is 28.3 Å². The van der Waals surface area contributed by atoms with Crippen LogP contribution in [0, 0.1) is 6.92 Å². The third-order valence-corrected chi connectivity index (χ3v) is 4.97. The molecule has 148 valence electrons. The van der Waals surface area contributed by atoms with E-state index in [0.717, 1.165) is 28.1 Å².